The fourth-order valence-electron chi connectivity index (χ4n) is 2.66. The maximum atomic E-state index is 12.0. The SMILES string of the molecule is CCCOC1C[C@H](NC(=O)OC(C)(C)C)C[C@@H]1NC(=O)OC(C)(C)C. The molecule has 2 amide bonds. The van der Waals surface area contributed by atoms with Gasteiger partial charge in [0.15, 0.2) is 0 Å². The molecule has 0 bridgehead atoms. The van der Waals surface area contributed by atoms with Gasteiger partial charge in [-0.3, -0.25) is 0 Å². The highest BCUT2D eigenvalue weighted by Gasteiger charge is 2.38. The fourth-order valence-corrected chi connectivity index (χ4v) is 2.66. The summed E-state index contributed by atoms with van der Waals surface area (Å²) in [4.78, 5) is 24.0. The zero-order valence-corrected chi connectivity index (χ0v) is 16.6. The lowest BCUT2D eigenvalue weighted by Gasteiger charge is -2.24. The van der Waals surface area contributed by atoms with Gasteiger partial charge in [0.1, 0.15) is 11.2 Å². The van der Waals surface area contributed by atoms with Crippen LogP contribution in [0.1, 0.15) is 67.7 Å². The number of amides is 2. The summed E-state index contributed by atoms with van der Waals surface area (Å²) in [6, 6.07) is -0.321. The molecule has 0 radical (unpaired) electrons. The molecule has 0 spiro atoms. The largest absolute Gasteiger partial charge is 0.444 e. The van der Waals surface area contributed by atoms with E-state index >= 15 is 0 Å². The predicted octanol–water partition coefficient (Wildman–Crippen LogP) is 3.36. The second kappa shape index (κ2) is 8.74. The van der Waals surface area contributed by atoms with Crippen molar-refractivity contribution in [3.05, 3.63) is 0 Å². The topological polar surface area (TPSA) is 85.9 Å². The third-order valence-electron chi connectivity index (χ3n) is 3.46. The number of nitrogens with one attached hydrogen (secondary N) is 2. The van der Waals surface area contributed by atoms with Gasteiger partial charge in [0, 0.05) is 12.6 Å². The molecule has 0 aromatic heterocycles. The third-order valence-corrected chi connectivity index (χ3v) is 3.46. The van der Waals surface area contributed by atoms with Crippen molar-refractivity contribution in [3.63, 3.8) is 0 Å². The van der Waals surface area contributed by atoms with Crippen LogP contribution in [0.3, 0.4) is 0 Å². The minimum absolute atomic E-state index is 0.114. The average molecular weight is 358 g/mol. The van der Waals surface area contributed by atoms with Gasteiger partial charge in [0.2, 0.25) is 0 Å². The number of rotatable bonds is 5. The monoisotopic (exact) mass is 358 g/mol. The summed E-state index contributed by atoms with van der Waals surface area (Å²) in [5, 5.41) is 5.73. The Kier molecular flexibility index (Phi) is 7.53. The molecular weight excluding hydrogens is 324 g/mol. The molecule has 0 aromatic carbocycles. The van der Waals surface area contributed by atoms with Crippen molar-refractivity contribution in [2.24, 2.45) is 0 Å². The van der Waals surface area contributed by atoms with E-state index in [0.717, 1.165) is 6.42 Å². The Morgan fingerprint density at radius 2 is 1.44 bits per heavy atom. The smallest absolute Gasteiger partial charge is 0.407 e. The van der Waals surface area contributed by atoms with Crippen molar-refractivity contribution in [1.82, 2.24) is 10.6 Å². The van der Waals surface area contributed by atoms with Gasteiger partial charge in [-0.15, -0.1) is 0 Å². The molecule has 1 aliphatic rings. The average Bonchev–Trinajstić information content (AvgIpc) is 2.73. The molecular formula is C18H34N2O5. The van der Waals surface area contributed by atoms with Gasteiger partial charge in [-0.25, -0.2) is 9.59 Å². The number of carbonyl (C=O) groups excluding carboxylic acids is 2. The number of carbonyl (C=O) groups is 2. The van der Waals surface area contributed by atoms with Crippen LogP contribution in [0, 0.1) is 0 Å². The Morgan fingerprint density at radius 3 is 1.92 bits per heavy atom. The quantitative estimate of drug-likeness (QED) is 0.787. The molecule has 25 heavy (non-hydrogen) atoms. The maximum absolute atomic E-state index is 12.0. The highest BCUT2D eigenvalue weighted by atomic mass is 16.6. The first kappa shape index (κ1) is 21.5. The summed E-state index contributed by atoms with van der Waals surface area (Å²) in [5.41, 5.74) is -1.11. The van der Waals surface area contributed by atoms with Crippen LogP contribution in [0.5, 0.6) is 0 Å². The second-order valence-electron chi connectivity index (χ2n) is 8.48. The van der Waals surface area contributed by atoms with E-state index in [9.17, 15) is 9.59 Å². The lowest BCUT2D eigenvalue weighted by atomic mass is 10.2. The van der Waals surface area contributed by atoms with E-state index in [1.54, 1.807) is 0 Å². The van der Waals surface area contributed by atoms with Gasteiger partial charge in [-0.1, -0.05) is 6.92 Å². The van der Waals surface area contributed by atoms with Gasteiger partial charge < -0.3 is 24.8 Å². The van der Waals surface area contributed by atoms with E-state index in [4.69, 9.17) is 14.2 Å². The first-order chi connectivity index (χ1) is 11.4. The summed E-state index contributed by atoms with van der Waals surface area (Å²) in [5.74, 6) is 0. The van der Waals surface area contributed by atoms with E-state index in [0.29, 0.717) is 19.4 Å². The summed E-state index contributed by atoms with van der Waals surface area (Å²) >= 11 is 0. The molecule has 0 aromatic rings. The molecule has 0 heterocycles. The van der Waals surface area contributed by atoms with Gasteiger partial charge in [-0.2, -0.15) is 0 Å². The van der Waals surface area contributed by atoms with Crippen LogP contribution in [-0.4, -0.2) is 48.2 Å². The number of ether oxygens (including phenoxy) is 3. The molecule has 0 saturated heterocycles. The number of hydrogen-bond donors (Lipinski definition) is 2. The lowest BCUT2D eigenvalue weighted by molar-refractivity contribution is 0.0234. The van der Waals surface area contributed by atoms with E-state index in [1.165, 1.54) is 0 Å². The molecule has 7 heteroatoms. The fraction of sp³-hybridized carbons (Fsp3) is 0.889. The first-order valence-corrected chi connectivity index (χ1v) is 9.00. The second-order valence-corrected chi connectivity index (χ2v) is 8.48. The number of hydrogen-bond acceptors (Lipinski definition) is 5. The van der Waals surface area contributed by atoms with Crippen LogP contribution in [0.2, 0.25) is 0 Å². The van der Waals surface area contributed by atoms with Crippen LogP contribution in [0.25, 0.3) is 0 Å². The summed E-state index contributed by atoms with van der Waals surface area (Å²) in [7, 11) is 0. The minimum atomic E-state index is -0.559. The van der Waals surface area contributed by atoms with Crippen molar-refractivity contribution in [2.75, 3.05) is 6.61 Å². The van der Waals surface area contributed by atoms with Crippen LogP contribution in [-0.2, 0) is 14.2 Å². The predicted molar refractivity (Wildman–Crippen MR) is 95.6 cm³/mol. The van der Waals surface area contributed by atoms with Crippen molar-refractivity contribution in [3.8, 4) is 0 Å². The molecule has 1 saturated carbocycles. The Labute approximate surface area is 151 Å². The van der Waals surface area contributed by atoms with E-state index < -0.39 is 23.4 Å². The zero-order valence-electron chi connectivity index (χ0n) is 16.6. The maximum Gasteiger partial charge on any atom is 0.407 e. The van der Waals surface area contributed by atoms with Gasteiger partial charge in [0.05, 0.1) is 12.1 Å². The highest BCUT2D eigenvalue weighted by Crippen LogP contribution is 2.24. The summed E-state index contributed by atoms with van der Waals surface area (Å²) in [6.07, 6.45) is 1.00. The van der Waals surface area contributed by atoms with Crippen molar-refractivity contribution in [1.29, 1.82) is 0 Å². The summed E-state index contributed by atoms with van der Waals surface area (Å²) < 4.78 is 16.5. The van der Waals surface area contributed by atoms with E-state index in [-0.39, 0.29) is 18.2 Å². The highest BCUT2D eigenvalue weighted by molar-refractivity contribution is 5.69. The molecule has 1 fully saturated rings. The normalized spacial score (nSPS) is 23.9. The molecule has 7 nitrogen and oxygen atoms in total. The van der Waals surface area contributed by atoms with Crippen LogP contribution >= 0.6 is 0 Å². The Morgan fingerprint density at radius 1 is 0.920 bits per heavy atom. The Balaban J connectivity index is 2.62. The zero-order chi connectivity index (χ0) is 19.3. The van der Waals surface area contributed by atoms with Crippen molar-refractivity contribution in [2.45, 2.75) is 97.1 Å². The van der Waals surface area contributed by atoms with Crippen LogP contribution in [0.15, 0.2) is 0 Å². The molecule has 0 aliphatic heterocycles. The molecule has 3 atom stereocenters. The first-order valence-electron chi connectivity index (χ1n) is 9.00. The Bertz CT molecular complexity index is 453. The molecule has 2 N–H and O–H groups in total. The van der Waals surface area contributed by atoms with Crippen molar-refractivity contribution >= 4 is 12.2 Å². The van der Waals surface area contributed by atoms with Crippen molar-refractivity contribution < 1.29 is 23.8 Å². The standard InChI is InChI=1S/C18H34N2O5/c1-8-9-23-14-11-12(19-15(21)24-17(2,3)4)10-13(14)20-16(22)25-18(5,6)7/h12-14H,8-11H2,1-7H3,(H,19,21)(H,20,22)/t12-,13+,14?/m1/s1. The van der Waals surface area contributed by atoms with Gasteiger partial charge in [-0.05, 0) is 60.8 Å². The van der Waals surface area contributed by atoms with Crippen LogP contribution < -0.4 is 10.6 Å². The lowest BCUT2D eigenvalue weighted by Crippen LogP contribution is -2.44. The number of alkyl carbamates (subject to hydrolysis) is 2. The van der Waals surface area contributed by atoms with Gasteiger partial charge in [0.25, 0.3) is 0 Å². The van der Waals surface area contributed by atoms with E-state index in [2.05, 4.69) is 10.6 Å². The van der Waals surface area contributed by atoms with Crippen LogP contribution in [0.4, 0.5) is 9.59 Å². The molecule has 1 rings (SSSR count). The summed E-state index contributed by atoms with van der Waals surface area (Å²) in [6.45, 7) is 13.6. The third kappa shape index (κ3) is 8.95. The van der Waals surface area contributed by atoms with Gasteiger partial charge >= 0.3 is 12.2 Å². The van der Waals surface area contributed by atoms with E-state index in [1.807, 2.05) is 48.5 Å². The molecule has 1 aliphatic carbocycles. The Hall–Kier alpha value is -1.50. The molecule has 1 unspecified atom stereocenters. The molecule has 146 valence electrons. The minimum Gasteiger partial charge on any atom is -0.444 e.